The van der Waals surface area contributed by atoms with Gasteiger partial charge in [0.2, 0.25) is 0 Å². The molecular formula is C20H26N2O4. The molecule has 1 fully saturated rings. The Morgan fingerprint density at radius 2 is 2.04 bits per heavy atom. The molecule has 0 radical (unpaired) electrons. The van der Waals surface area contributed by atoms with Gasteiger partial charge in [0.05, 0.1) is 12.7 Å². The van der Waals surface area contributed by atoms with Gasteiger partial charge in [-0.05, 0) is 44.4 Å². The highest BCUT2D eigenvalue weighted by atomic mass is 16.5. The van der Waals surface area contributed by atoms with Crippen LogP contribution >= 0.6 is 0 Å². The molecule has 1 saturated carbocycles. The van der Waals surface area contributed by atoms with Crippen LogP contribution in [0.5, 0.6) is 5.75 Å². The van der Waals surface area contributed by atoms with Crippen LogP contribution in [0.2, 0.25) is 0 Å². The van der Waals surface area contributed by atoms with E-state index in [0.717, 1.165) is 29.4 Å². The van der Waals surface area contributed by atoms with E-state index in [2.05, 4.69) is 9.88 Å². The minimum Gasteiger partial charge on any atom is -0.497 e. The SMILES string of the molecule is CCC(NC(=O)c1c(C)n(C2CCCC2)c2ccc(OC)cc12)C(=O)O. The molecule has 0 bridgehead atoms. The minimum absolute atomic E-state index is 0.338. The van der Waals surface area contributed by atoms with Crippen LogP contribution in [0.25, 0.3) is 10.9 Å². The van der Waals surface area contributed by atoms with Crippen LogP contribution in [0.15, 0.2) is 18.2 Å². The summed E-state index contributed by atoms with van der Waals surface area (Å²) in [7, 11) is 1.60. The van der Waals surface area contributed by atoms with Crippen LogP contribution in [-0.4, -0.2) is 34.7 Å². The number of fused-ring (bicyclic) bond motifs is 1. The van der Waals surface area contributed by atoms with Crippen molar-refractivity contribution in [3.05, 3.63) is 29.5 Å². The predicted molar refractivity (Wildman–Crippen MR) is 99.9 cm³/mol. The second kappa shape index (κ2) is 7.40. The van der Waals surface area contributed by atoms with Crippen LogP contribution in [0.3, 0.4) is 0 Å². The number of carbonyl (C=O) groups is 2. The van der Waals surface area contributed by atoms with Crippen molar-refractivity contribution in [1.82, 2.24) is 9.88 Å². The number of carboxylic acids is 1. The van der Waals surface area contributed by atoms with Gasteiger partial charge >= 0.3 is 5.97 Å². The predicted octanol–water partition coefficient (Wildman–Crippen LogP) is 3.67. The molecule has 0 saturated heterocycles. The lowest BCUT2D eigenvalue weighted by Crippen LogP contribution is -2.40. The third-order valence-corrected chi connectivity index (χ3v) is 5.38. The van der Waals surface area contributed by atoms with Crippen molar-refractivity contribution in [2.24, 2.45) is 0 Å². The maximum atomic E-state index is 13.0. The average molecular weight is 358 g/mol. The zero-order valence-electron chi connectivity index (χ0n) is 15.5. The van der Waals surface area contributed by atoms with E-state index >= 15 is 0 Å². The molecule has 1 aromatic heterocycles. The molecule has 1 aromatic carbocycles. The number of methoxy groups -OCH3 is 1. The van der Waals surface area contributed by atoms with E-state index in [4.69, 9.17) is 4.74 Å². The molecule has 1 atom stereocenters. The third kappa shape index (κ3) is 3.16. The number of carbonyl (C=O) groups excluding carboxylic acids is 1. The lowest BCUT2D eigenvalue weighted by Gasteiger charge is -2.17. The summed E-state index contributed by atoms with van der Waals surface area (Å²) in [5, 5.41) is 12.7. The summed E-state index contributed by atoms with van der Waals surface area (Å²) in [4.78, 5) is 24.3. The smallest absolute Gasteiger partial charge is 0.326 e. The quantitative estimate of drug-likeness (QED) is 0.826. The molecule has 1 heterocycles. The highest BCUT2D eigenvalue weighted by Crippen LogP contribution is 2.38. The van der Waals surface area contributed by atoms with Gasteiger partial charge in [-0.15, -0.1) is 0 Å². The van der Waals surface area contributed by atoms with Crippen molar-refractivity contribution in [1.29, 1.82) is 0 Å². The van der Waals surface area contributed by atoms with Crippen LogP contribution in [0.4, 0.5) is 0 Å². The largest absolute Gasteiger partial charge is 0.497 e. The summed E-state index contributed by atoms with van der Waals surface area (Å²) in [5.74, 6) is -0.678. The summed E-state index contributed by atoms with van der Waals surface area (Å²) in [5.41, 5.74) is 2.44. The molecule has 0 aliphatic heterocycles. The molecule has 1 amide bonds. The van der Waals surface area contributed by atoms with E-state index in [-0.39, 0.29) is 5.91 Å². The number of aliphatic carboxylic acids is 1. The Hall–Kier alpha value is -2.50. The molecule has 140 valence electrons. The number of nitrogens with one attached hydrogen (secondary N) is 1. The van der Waals surface area contributed by atoms with E-state index in [9.17, 15) is 14.7 Å². The van der Waals surface area contributed by atoms with E-state index in [0.29, 0.717) is 23.8 Å². The number of hydrogen-bond donors (Lipinski definition) is 2. The number of amides is 1. The molecule has 26 heavy (non-hydrogen) atoms. The van der Waals surface area contributed by atoms with Gasteiger partial charge in [-0.1, -0.05) is 19.8 Å². The number of ether oxygens (including phenoxy) is 1. The zero-order chi connectivity index (χ0) is 18.8. The van der Waals surface area contributed by atoms with Crippen LogP contribution in [0.1, 0.15) is 61.1 Å². The molecule has 1 aliphatic carbocycles. The van der Waals surface area contributed by atoms with E-state index in [1.54, 1.807) is 14.0 Å². The van der Waals surface area contributed by atoms with Crippen molar-refractivity contribution in [3.63, 3.8) is 0 Å². The number of benzene rings is 1. The summed E-state index contributed by atoms with van der Waals surface area (Å²) in [6, 6.07) is 5.25. The normalized spacial score (nSPS) is 16.0. The zero-order valence-corrected chi connectivity index (χ0v) is 15.5. The Kier molecular flexibility index (Phi) is 5.20. The van der Waals surface area contributed by atoms with Crippen molar-refractivity contribution in [3.8, 4) is 5.75 Å². The van der Waals surface area contributed by atoms with E-state index < -0.39 is 12.0 Å². The summed E-state index contributed by atoms with van der Waals surface area (Å²) >= 11 is 0. The third-order valence-electron chi connectivity index (χ3n) is 5.38. The molecule has 1 unspecified atom stereocenters. The second-order valence-electron chi connectivity index (χ2n) is 6.92. The summed E-state index contributed by atoms with van der Waals surface area (Å²) in [6.45, 7) is 3.69. The first-order valence-corrected chi connectivity index (χ1v) is 9.20. The Bertz CT molecular complexity index is 834. The van der Waals surface area contributed by atoms with Crippen molar-refractivity contribution in [2.45, 2.75) is 58.0 Å². The maximum absolute atomic E-state index is 13.0. The number of hydrogen-bond acceptors (Lipinski definition) is 3. The van der Waals surface area contributed by atoms with Gasteiger partial charge in [0.1, 0.15) is 11.8 Å². The van der Waals surface area contributed by atoms with Crippen LogP contribution < -0.4 is 10.1 Å². The van der Waals surface area contributed by atoms with Crippen molar-refractivity contribution in [2.75, 3.05) is 7.11 Å². The van der Waals surface area contributed by atoms with Gasteiger partial charge in [-0.3, -0.25) is 4.79 Å². The topological polar surface area (TPSA) is 80.6 Å². The number of nitrogens with zero attached hydrogens (tertiary/aromatic N) is 1. The molecule has 2 aromatic rings. The van der Waals surface area contributed by atoms with Crippen LogP contribution in [0, 0.1) is 6.92 Å². The van der Waals surface area contributed by atoms with Crippen molar-refractivity contribution >= 4 is 22.8 Å². The Labute approximate surface area is 153 Å². The first-order valence-electron chi connectivity index (χ1n) is 9.20. The standard InChI is InChI=1S/C20H26N2O4/c1-4-16(20(24)25)21-19(23)18-12(2)22(13-7-5-6-8-13)17-10-9-14(26-3)11-15(17)18/h9-11,13,16H,4-8H2,1-3H3,(H,21,23)(H,24,25). The van der Waals surface area contributed by atoms with Gasteiger partial charge in [0, 0.05) is 22.6 Å². The minimum atomic E-state index is -1.02. The van der Waals surface area contributed by atoms with Gasteiger partial charge in [0.15, 0.2) is 0 Å². The van der Waals surface area contributed by atoms with Gasteiger partial charge in [0.25, 0.3) is 5.91 Å². The first-order chi connectivity index (χ1) is 12.5. The van der Waals surface area contributed by atoms with Crippen molar-refractivity contribution < 1.29 is 19.4 Å². The molecule has 6 heteroatoms. The maximum Gasteiger partial charge on any atom is 0.326 e. The fraction of sp³-hybridized carbons (Fsp3) is 0.500. The van der Waals surface area contributed by atoms with E-state index in [1.807, 2.05) is 25.1 Å². The lowest BCUT2D eigenvalue weighted by molar-refractivity contribution is -0.139. The second-order valence-corrected chi connectivity index (χ2v) is 6.92. The van der Waals surface area contributed by atoms with E-state index in [1.165, 1.54) is 12.8 Å². The fourth-order valence-corrected chi connectivity index (χ4v) is 4.04. The highest BCUT2D eigenvalue weighted by molar-refractivity contribution is 6.09. The molecule has 6 nitrogen and oxygen atoms in total. The lowest BCUT2D eigenvalue weighted by atomic mass is 10.1. The van der Waals surface area contributed by atoms with Gasteiger partial charge in [-0.25, -0.2) is 4.79 Å². The summed E-state index contributed by atoms with van der Waals surface area (Å²) in [6.07, 6.45) is 4.93. The molecular weight excluding hydrogens is 332 g/mol. The number of aromatic nitrogens is 1. The molecule has 2 N–H and O–H groups in total. The van der Waals surface area contributed by atoms with Gasteiger partial charge < -0.3 is 19.7 Å². The van der Waals surface area contributed by atoms with Gasteiger partial charge in [-0.2, -0.15) is 0 Å². The molecule has 1 aliphatic rings. The monoisotopic (exact) mass is 358 g/mol. The fourth-order valence-electron chi connectivity index (χ4n) is 4.04. The Morgan fingerprint density at radius 1 is 1.35 bits per heavy atom. The first kappa shape index (κ1) is 18.3. The Morgan fingerprint density at radius 3 is 2.62 bits per heavy atom. The number of rotatable bonds is 6. The van der Waals surface area contributed by atoms with Crippen LogP contribution in [-0.2, 0) is 4.79 Å². The number of carboxylic acid groups (broad SMARTS) is 1. The summed E-state index contributed by atoms with van der Waals surface area (Å²) < 4.78 is 7.59. The highest BCUT2D eigenvalue weighted by Gasteiger charge is 2.28. The Balaban J connectivity index is 2.12. The average Bonchev–Trinajstić information content (AvgIpc) is 3.23. The molecule has 0 spiro atoms. The molecule has 3 rings (SSSR count).